The van der Waals surface area contributed by atoms with Crippen LogP contribution in [-0.4, -0.2) is 11.6 Å². The minimum Gasteiger partial charge on any atom is -0.288 e. The van der Waals surface area contributed by atoms with Gasteiger partial charge in [-0.2, -0.15) is 0 Å². The first-order chi connectivity index (χ1) is 13.6. The molecule has 0 aromatic heterocycles. The SMILES string of the molecule is O=C1C(Sc2ccccc2Cl)=C(Sc2ccccc2Cl)C(=O)c2ccccc21. The largest absolute Gasteiger partial charge is 0.288 e. The average Bonchev–Trinajstić information content (AvgIpc) is 2.71. The van der Waals surface area contributed by atoms with Crippen molar-refractivity contribution in [3.8, 4) is 0 Å². The van der Waals surface area contributed by atoms with E-state index in [9.17, 15) is 9.59 Å². The van der Waals surface area contributed by atoms with Crippen LogP contribution in [0.1, 0.15) is 20.7 Å². The highest BCUT2D eigenvalue weighted by Crippen LogP contribution is 2.45. The highest BCUT2D eigenvalue weighted by atomic mass is 35.5. The van der Waals surface area contributed by atoms with Gasteiger partial charge < -0.3 is 0 Å². The third kappa shape index (κ3) is 3.65. The van der Waals surface area contributed by atoms with Gasteiger partial charge >= 0.3 is 0 Å². The molecule has 138 valence electrons. The van der Waals surface area contributed by atoms with E-state index < -0.39 is 0 Å². The zero-order valence-electron chi connectivity index (χ0n) is 14.3. The molecule has 3 aromatic carbocycles. The summed E-state index contributed by atoms with van der Waals surface area (Å²) in [5.74, 6) is -0.371. The number of carbonyl (C=O) groups is 2. The highest BCUT2D eigenvalue weighted by molar-refractivity contribution is 8.08. The van der Waals surface area contributed by atoms with Crippen molar-refractivity contribution in [2.75, 3.05) is 0 Å². The van der Waals surface area contributed by atoms with Gasteiger partial charge in [0, 0.05) is 20.9 Å². The molecule has 0 bridgehead atoms. The van der Waals surface area contributed by atoms with Gasteiger partial charge in [-0.15, -0.1) is 0 Å². The van der Waals surface area contributed by atoms with Crippen LogP contribution < -0.4 is 0 Å². The smallest absolute Gasteiger partial charge is 0.201 e. The summed E-state index contributed by atoms with van der Waals surface area (Å²) < 4.78 is 0. The lowest BCUT2D eigenvalue weighted by atomic mass is 9.94. The maximum Gasteiger partial charge on any atom is 0.201 e. The summed E-state index contributed by atoms with van der Waals surface area (Å²) in [5, 5.41) is 1.06. The molecule has 0 atom stereocenters. The Morgan fingerprint density at radius 2 is 0.893 bits per heavy atom. The molecule has 0 amide bonds. The summed E-state index contributed by atoms with van der Waals surface area (Å²) >= 11 is 15.0. The fourth-order valence-corrected chi connectivity index (χ4v) is 5.38. The standard InChI is InChI=1S/C22H12Cl2O2S2/c23-15-9-3-5-11-17(15)27-21-19(25)13-7-1-2-8-14(13)20(26)22(21)28-18-12-6-4-10-16(18)24/h1-12H. The molecule has 0 radical (unpaired) electrons. The summed E-state index contributed by atoms with van der Waals surface area (Å²) in [7, 11) is 0. The molecule has 0 spiro atoms. The lowest BCUT2D eigenvalue weighted by molar-refractivity contribution is 0.0988. The number of ketones is 2. The van der Waals surface area contributed by atoms with E-state index in [1.54, 1.807) is 36.4 Å². The summed E-state index contributed by atoms with van der Waals surface area (Å²) in [6, 6.07) is 21.4. The van der Waals surface area contributed by atoms with E-state index in [-0.39, 0.29) is 11.6 Å². The van der Waals surface area contributed by atoms with Crippen LogP contribution in [0.5, 0.6) is 0 Å². The number of fused-ring (bicyclic) bond motifs is 1. The van der Waals surface area contributed by atoms with E-state index in [2.05, 4.69) is 0 Å². The van der Waals surface area contributed by atoms with Gasteiger partial charge in [-0.3, -0.25) is 9.59 Å². The minimum absolute atomic E-state index is 0.185. The number of rotatable bonds is 4. The third-order valence-electron chi connectivity index (χ3n) is 4.13. The number of thioether (sulfide) groups is 2. The first-order valence-corrected chi connectivity index (χ1v) is 10.7. The molecular formula is C22H12Cl2O2S2. The Labute approximate surface area is 180 Å². The van der Waals surface area contributed by atoms with Crippen LogP contribution in [0.4, 0.5) is 0 Å². The molecule has 28 heavy (non-hydrogen) atoms. The molecule has 2 nitrogen and oxygen atoms in total. The number of hydrogen-bond acceptors (Lipinski definition) is 4. The van der Waals surface area contributed by atoms with Crippen molar-refractivity contribution in [1.82, 2.24) is 0 Å². The predicted octanol–water partition coefficient (Wildman–Crippen LogP) is 7.17. The van der Waals surface area contributed by atoms with E-state index in [1.807, 2.05) is 36.4 Å². The molecule has 6 heteroatoms. The fourth-order valence-electron chi connectivity index (χ4n) is 2.79. The summed E-state index contributed by atoms with van der Waals surface area (Å²) in [5.41, 5.74) is 0.816. The van der Waals surface area contributed by atoms with Crippen LogP contribution in [0.3, 0.4) is 0 Å². The van der Waals surface area contributed by atoms with Crippen LogP contribution in [0.15, 0.2) is 92.4 Å². The molecule has 0 N–H and O–H groups in total. The van der Waals surface area contributed by atoms with Crippen molar-refractivity contribution in [3.63, 3.8) is 0 Å². The monoisotopic (exact) mass is 442 g/mol. The van der Waals surface area contributed by atoms with E-state index in [4.69, 9.17) is 23.2 Å². The summed E-state index contributed by atoms with van der Waals surface area (Å²) in [6.07, 6.45) is 0. The van der Waals surface area contributed by atoms with Gasteiger partial charge in [0.15, 0.2) is 0 Å². The second-order valence-corrected chi connectivity index (χ2v) is 8.85. The molecule has 0 fully saturated rings. The molecule has 3 aromatic rings. The molecule has 0 saturated heterocycles. The molecule has 4 rings (SSSR count). The lowest BCUT2D eigenvalue weighted by Crippen LogP contribution is -2.19. The second-order valence-electron chi connectivity index (χ2n) is 5.93. The van der Waals surface area contributed by atoms with Gasteiger partial charge in [0.2, 0.25) is 11.6 Å². The van der Waals surface area contributed by atoms with Gasteiger partial charge in [-0.1, -0.05) is 95.3 Å². The van der Waals surface area contributed by atoms with Crippen molar-refractivity contribution in [1.29, 1.82) is 0 Å². The minimum atomic E-state index is -0.185. The lowest BCUT2D eigenvalue weighted by Gasteiger charge is -2.20. The Balaban J connectivity index is 1.86. The second kappa shape index (κ2) is 8.18. The van der Waals surface area contributed by atoms with Crippen molar-refractivity contribution in [2.45, 2.75) is 9.79 Å². The average molecular weight is 443 g/mol. The maximum absolute atomic E-state index is 13.2. The zero-order valence-corrected chi connectivity index (χ0v) is 17.5. The maximum atomic E-state index is 13.2. The van der Waals surface area contributed by atoms with Gasteiger partial charge in [0.05, 0.1) is 19.9 Å². The molecule has 0 aliphatic heterocycles. The molecule has 0 heterocycles. The van der Waals surface area contributed by atoms with Gasteiger partial charge in [0.25, 0.3) is 0 Å². The number of benzene rings is 3. The zero-order chi connectivity index (χ0) is 19.7. The quantitative estimate of drug-likeness (QED) is 0.428. The van der Waals surface area contributed by atoms with E-state index in [1.165, 1.54) is 23.5 Å². The molecular weight excluding hydrogens is 431 g/mol. The molecule has 1 aliphatic rings. The van der Waals surface area contributed by atoms with Crippen LogP contribution in [0.25, 0.3) is 0 Å². The molecule has 0 saturated carbocycles. The number of carbonyl (C=O) groups excluding carboxylic acids is 2. The van der Waals surface area contributed by atoms with Crippen molar-refractivity contribution in [3.05, 3.63) is 104 Å². The Kier molecular flexibility index (Phi) is 5.65. The first-order valence-electron chi connectivity index (χ1n) is 8.33. The number of Topliss-reactive ketones (excluding diaryl/α,β-unsaturated/α-hetero) is 2. The third-order valence-corrected chi connectivity index (χ3v) is 7.48. The van der Waals surface area contributed by atoms with Crippen LogP contribution >= 0.6 is 46.7 Å². The van der Waals surface area contributed by atoms with Crippen LogP contribution in [0, 0.1) is 0 Å². The van der Waals surface area contributed by atoms with E-state index in [0.717, 1.165) is 9.79 Å². The fraction of sp³-hybridized carbons (Fsp3) is 0. The summed E-state index contributed by atoms with van der Waals surface area (Å²) in [4.78, 5) is 28.7. The Morgan fingerprint density at radius 1 is 0.536 bits per heavy atom. The van der Waals surface area contributed by atoms with E-state index in [0.29, 0.717) is 31.0 Å². The number of hydrogen-bond donors (Lipinski definition) is 0. The molecule has 0 unspecified atom stereocenters. The van der Waals surface area contributed by atoms with Gasteiger partial charge in [0.1, 0.15) is 0 Å². The topological polar surface area (TPSA) is 34.1 Å². The Bertz CT molecular complexity index is 1050. The first kappa shape index (κ1) is 19.3. The van der Waals surface area contributed by atoms with E-state index >= 15 is 0 Å². The number of allylic oxidation sites excluding steroid dienone is 2. The van der Waals surface area contributed by atoms with Crippen molar-refractivity contribution in [2.24, 2.45) is 0 Å². The van der Waals surface area contributed by atoms with Crippen LogP contribution in [0.2, 0.25) is 10.0 Å². The van der Waals surface area contributed by atoms with Gasteiger partial charge in [-0.25, -0.2) is 0 Å². The predicted molar refractivity (Wildman–Crippen MR) is 117 cm³/mol. The highest BCUT2D eigenvalue weighted by Gasteiger charge is 2.33. The Hall–Kier alpha value is -1.98. The van der Waals surface area contributed by atoms with Crippen LogP contribution in [-0.2, 0) is 0 Å². The normalized spacial score (nSPS) is 13.6. The van der Waals surface area contributed by atoms with Crippen molar-refractivity contribution < 1.29 is 9.59 Å². The van der Waals surface area contributed by atoms with Gasteiger partial charge in [-0.05, 0) is 24.3 Å². The van der Waals surface area contributed by atoms with Crippen molar-refractivity contribution >= 4 is 58.3 Å². The molecule has 1 aliphatic carbocycles. The Morgan fingerprint density at radius 3 is 1.29 bits per heavy atom. The summed E-state index contributed by atoms with van der Waals surface area (Å²) in [6.45, 7) is 0. The number of halogens is 2.